The molecule has 2 saturated carbocycles. The van der Waals surface area contributed by atoms with Crippen LogP contribution in [0.25, 0.3) is 0 Å². The van der Waals surface area contributed by atoms with Gasteiger partial charge in [0, 0.05) is 54.3 Å². The second-order valence-electron chi connectivity index (χ2n) is 14.5. The van der Waals surface area contributed by atoms with Gasteiger partial charge in [0.2, 0.25) is 10.0 Å². The maximum atomic E-state index is 13.6. The molecule has 0 spiro atoms. The molecule has 0 unspecified atom stereocenters. The van der Waals surface area contributed by atoms with Crippen LogP contribution in [0.4, 0.5) is 5.69 Å². The Bertz CT molecular complexity index is 1960. The van der Waals surface area contributed by atoms with E-state index in [0.717, 1.165) is 54.6 Å². The van der Waals surface area contributed by atoms with Gasteiger partial charge in [-0.25, -0.2) is 13.1 Å². The Balaban J connectivity index is 1.24. The zero-order valence-electron chi connectivity index (χ0n) is 28.4. The minimum absolute atomic E-state index is 0.108. The van der Waals surface area contributed by atoms with Crippen LogP contribution in [0, 0.1) is 29.6 Å². The number of hydrogen-bond acceptors (Lipinski definition) is 7. The molecule has 8 nitrogen and oxygen atoms in total. The molecule has 7 rings (SSSR count). The zero-order valence-corrected chi connectivity index (χ0v) is 30.0. The van der Waals surface area contributed by atoms with Gasteiger partial charge >= 0.3 is 0 Å². The maximum Gasteiger partial charge on any atom is 0.264 e. The van der Waals surface area contributed by atoms with Gasteiger partial charge in [0.05, 0.1) is 10.4 Å². The van der Waals surface area contributed by atoms with Gasteiger partial charge < -0.3 is 14.7 Å². The highest BCUT2D eigenvalue weighted by atomic mass is 35.5. The average Bonchev–Trinajstić information content (AvgIpc) is 3.76. The predicted molar refractivity (Wildman–Crippen MR) is 196 cm³/mol. The van der Waals surface area contributed by atoms with Crippen LogP contribution < -0.4 is 14.4 Å². The lowest BCUT2D eigenvalue weighted by molar-refractivity contribution is -0.00295. The molecule has 5 atom stereocenters. The molecule has 1 amide bonds. The van der Waals surface area contributed by atoms with Crippen LogP contribution >= 0.6 is 11.6 Å². The van der Waals surface area contributed by atoms with E-state index in [1.54, 1.807) is 37.4 Å². The number of pyridine rings is 1. The number of allylic oxidation sites excluding steroid dienone is 1. The molecule has 1 aromatic heterocycles. The molecule has 0 radical (unpaired) electrons. The summed E-state index contributed by atoms with van der Waals surface area (Å²) < 4.78 is 34.9. The highest BCUT2D eigenvalue weighted by Crippen LogP contribution is 2.52. The van der Waals surface area contributed by atoms with Crippen LogP contribution in [0.2, 0.25) is 5.02 Å². The number of amides is 1. The van der Waals surface area contributed by atoms with Gasteiger partial charge in [0.1, 0.15) is 18.0 Å². The number of benzene rings is 2. The molecule has 2 aromatic carbocycles. The van der Waals surface area contributed by atoms with Crippen molar-refractivity contribution in [2.24, 2.45) is 17.8 Å². The van der Waals surface area contributed by atoms with Crippen molar-refractivity contribution in [2.45, 2.75) is 81.7 Å². The van der Waals surface area contributed by atoms with Crippen molar-refractivity contribution in [3.63, 3.8) is 0 Å². The Labute approximate surface area is 300 Å². The van der Waals surface area contributed by atoms with Crippen LogP contribution in [-0.2, 0) is 29.5 Å². The van der Waals surface area contributed by atoms with E-state index in [0.29, 0.717) is 56.2 Å². The van der Waals surface area contributed by atoms with Gasteiger partial charge in [-0.05, 0) is 123 Å². The first-order valence-corrected chi connectivity index (χ1v) is 19.6. The highest BCUT2D eigenvalue weighted by Gasteiger charge is 2.60. The van der Waals surface area contributed by atoms with E-state index >= 15 is 0 Å². The van der Waals surface area contributed by atoms with Crippen LogP contribution in [0.3, 0.4) is 0 Å². The second-order valence-corrected chi connectivity index (χ2v) is 17.0. The number of aromatic nitrogens is 1. The summed E-state index contributed by atoms with van der Waals surface area (Å²) in [5, 5.41) is 13.0. The minimum Gasteiger partial charge on any atom is -0.487 e. The molecule has 3 heterocycles. The van der Waals surface area contributed by atoms with Gasteiger partial charge in [-0.2, -0.15) is 0 Å². The van der Waals surface area contributed by atoms with Gasteiger partial charge in [-0.15, -0.1) is 0 Å². The number of carbonyl (C=O) groups is 1. The topological polar surface area (TPSA) is 109 Å². The first kappa shape index (κ1) is 34.6. The summed E-state index contributed by atoms with van der Waals surface area (Å²) in [6.45, 7) is 3.35. The van der Waals surface area contributed by atoms with E-state index < -0.39 is 26.3 Å². The van der Waals surface area contributed by atoms with Crippen molar-refractivity contribution in [3.05, 3.63) is 100 Å². The van der Waals surface area contributed by atoms with Crippen molar-refractivity contribution >= 4 is 33.2 Å². The maximum absolute atomic E-state index is 13.6. The van der Waals surface area contributed by atoms with Crippen LogP contribution in [0.1, 0.15) is 79.0 Å². The fourth-order valence-corrected chi connectivity index (χ4v) is 9.48. The van der Waals surface area contributed by atoms with Crippen LogP contribution in [0.15, 0.2) is 72.9 Å². The third kappa shape index (κ3) is 7.16. The Hall–Kier alpha value is -3.84. The fourth-order valence-electron chi connectivity index (χ4n) is 7.73. The quantitative estimate of drug-likeness (QED) is 0.226. The molecule has 262 valence electrons. The van der Waals surface area contributed by atoms with E-state index in [9.17, 15) is 18.3 Å². The monoisotopic (exact) mass is 713 g/mol. The summed E-state index contributed by atoms with van der Waals surface area (Å²) in [7, 11) is -3.98. The third-order valence-electron chi connectivity index (χ3n) is 11.2. The van der Waals surface area contributed by atoms with Crippen molar-refractivity contribution in [1.82, 2.24) is 9.71 Å². The van der Waals surface area contributed by atoms with Gasteiger partial charge in [0.15, 0.2) is 0 Å². The third-order valence-corrected chi connectivity index (χ3v) is 13.6. The average molecular weight is 714 g/mol. The number of fused-ring (bicyclic) bond motifs is 4. The molecule has 3 aromatic rings. The van der Waals surface area contributed by atoms with E-state index in [-0.39, 0.29) is 23.3 Å². The first-order valence-electron chi connectivity index (χ1n) is 17.7. The largest absolute Gasteiger partial charge is 0.487 e. The number of carbonyl (C=O) groups excluding carboxylic acids is 1. The number of sulfonamides is 1. The smallest absolute Gasteiger partial charge is 0.264 e. The van der Waals surface area contributed by atoms with E-state index in [2.05, 4.69) is 26.4 Å². The number of aliphatic hydroxyl groups is 1. The van der Waals surface area contributed by atoms with Gasteiger partial charge in [0.25, 0.3) is 5.91 Å². The summed E-state index contributed by atoms with van der Waals surface area (Å²) in [4.78, 5) is 20.2. The number of nitrogens with one attached hydrogen (secondary N) is 1. The lowest BCUT2D eigenvalue weighted by Crippen LogP contribution is -2.49. The summed E-state index contributed by atoms with van der Waals surface area (Å²) in [6.07, 6.45) is 12.1. The molecule has 50 heavy (non-hydrogen) atoms. The second kappa shape index (κ2) is 14.1. The standard InChI is InChI=1S/C40H44ClN3O5S/c1-39-25-32(39)10-8-20-40(46,19-5-2-11-34-12-3-6-21-42-34)35-17-14-30(35)26-44-22-7-4-9-28-23-33(41)16-13-31(28)27-49-37-18-15-29(24-36(37)44)38(45)43-50(39,47)48/h3,6,8,12-13,15-16,18,20-21,23-24,30,32,35,46H,2,4,7,9-11,14,17,22,25-27H2,1H3,(H,43,45)/b20-8+/t30-,32+,35+,39+,40-/m0/s1. The number of ether oxygens (including phenoxy) is 1. The summed E-state index contributed by atoms with van der Waals surface area (Å²) in [5.74, 6) is 6.33. The van der Waals surface area contributed by atoms with Crippen molar-refractivity contribution in [2.75, 3.05) is 18.0 Å². The van der Waals surface area contributed by atoms with E-state index in [1.165, 1.54) is 0 Å². The molecule has 2 N–H and O–H groups in total. The Morgan fingerprint density at radius 3 is 2.80 bits per heavy atom. The number of aryl methyl sites for hydroxylation is 2. The molecule has 2 aliphatic heterocycles. The molecular formula is C40H44ClN3O5S. The molecular weight excluding hydrogens is 670 g/mol. The SMILES string of the molecule is C[C@@]12C[C@H]1C/C=C/[C@@](O)(C#CCCc1ccccn1)[C@@H]1CC[C@H]1CN1CCCCc3cc(Cl)ccc3COc3ccc(cc31)C(=O)NS2(=O)=O. The van der Waals surface area contributed by atoms with Crippen molar-refractivity contribution in [3.8, 4) is 17.6 Å². The molecule has 4 aliphatic rings. The van der Waals surface area contributed by atoms with Crippen LogP contribution in [-0.4, -0.2) is 47.9 Å². The molecule has 2 aliphatic carbocycles. The molecule has 2 fully saturated rings. The lowest BCUT2D eigenvalue weighted by Gasteiger charge is -2.46. The minimum atomic E-state index is -3.98. The number of halogens is 1. The normalized spacial score (nSPS) is 29.5. The predicted octanol–water partition coefficient (Wildman–Crippen LogP) is 6.65. The van der Waals surface area contributed by atoms with Crippen LogP contribution in [0.5, 0.6) is 5.75 Å². The molecule has 10 heteroatoms. The number of nitrogens with zero attached hydrogens (tertiary/aromatic N) is 2. The number of anilines is 1. The number of hydrogen-bond donors (Lipinski definition) is 2. The summed E-state index contributed by atoms with van der Waals surface area (Å²) in [5.41, 5.74) is 2.80. The van der Waals surface area contributed by atoms with Gasteiger partial charge in [-0.1, -0.05) is 41.7 Å². The van der Waals surface area contributed by atoms with E-state index in [4.69, 9.17) is 16.3 Å². The zero-order chi connectivity index (χ0) is 34.9. The first-order chi connectivity index (χ1) is 24.0. The van der Waals surface area contributed by atoms with Crippen molar-refractivity contribution in [1.29, 1.82) is 0 Å². The number of rotatable bonds is 2. The summed E-state index contributed by atoms with van der Waals surface area (Å²) >= 11 is 6.36. The molecule has 0 saturated heterocycles. The highest BCUT2D eigenvalue weighted by molar-refractivity contribution is 7.91. The summed E-state index contributed by atoms with van der Waals surface area (Å²) in [6, 6.07) is 16.9. The lowest BCUT2D eigenvalue weighted by atomic mass is 9.64. The Morgan fingerprint density at radius 1 is 1.12 bits per heavy atom. The van der Waals surface area contributed by atoms with E-state index in [1.807, 2.05) is 42.5 Å². The van der Waals surface area contributed by atoms with Gasteiger partial charge in [-0.3, -0.25) is 9.78 Å². The Kier molecular flexibility index (Phi) is 9.73. The molecule has 2 bridgehead atoms. The fraction of sp³-hybridized carbons (Fsp3) is 0.450. The van der Waals surface area contributed by atoms with Crippen molar-refractivity contribution < 1.29 is 23.1 Å². The Morgan fingerprint density at radius 2 is 2.00 bits per heavy atom.